The van der Waals surface area contributed by atoms with Gasteiger partial charge in [0.2, 0.25) is 5.91 Å². The zero-order chi connectivity index (χ0) is 13.7. The Morgan fingerprint density at radius 3 is 2.63 bits per heavy atom. The average molecular weight is 260 g/mol. The minimum Gasteiger partial charge on any atom is -0.355 e. The summed E-state index contributed by atoms with van der Waals surface area (Å²) in [4.78, 5) is 11.2. The van der Waals surface area contributed by atoms with Crippen molar-refractivity contribution in [1.82, 2.24) is 10.6 Å². The first-order valence-electron chi connectivity index (χ1n) is 7.23. The summed E-state index contributed by atoms with van der Waals surface area (Å²) in [5, 5.41) is 6.65. The number of hydrogen-bond acceptors (Lipinski definition) is 2. The van der Waals surface area contributed by atoms with Gasteiger partial charge in [0, 0.05) is 25.0 Å². The van der Waals surface area contributed by atoms with Crippen LogP contribution in [-0.2, 0) is 4.79 Å². The molecule has 1 aliphatic heterocycles. The first kappa shape index (κ1) is 14.1. The summed E-state index contributed by atoms with van der Waals surface area (Å²) >= 11 is 0. The fourth-order valence-electron chi connectivity index (χ4n) is 2.62. The smallest absolute Gasteiger partial charge is 0.220 e. The number of hydrogen-bond donors (Lipinski definition) is 2. The molecule has 3 nitrogen and oxygen atoms in total. The molecule has 0 saturated carbocycles. The Kier molecular flexibility index (Phi) is 4.97. The van der Waals surface area contributed by atoms with Crippen molar-refractivity contribution >= 4 is 5.91 Å². The predicted octanol–water partition coefficient (Wildman–Crippen LogP) is 2.64. The molecule has 1 aromatic rings. The second-order valence-electron chi connectivity index (χ2n) is 5.80. The highest BCUT2D eigenvalue weighted by molar-refractivity contribution is 5.76. The normalized spacial score (nSPS) is 21.2. The SMILES string of the molecule is CC(C)CC(NC1CCC(=O)NC1)c1ccccc1. The molecule has 2 atom stereocenters. The summed E-state index contributed by atoms with van der Waals surface area (Å²) in [5.41, 5.74) is 1.34. The molecule has 2 unspecified atom stereocenters. The van der Waals surface area contributed by atoms with Crippen LogP contribution < -0.4 is 10.6 Å². The fourth-order valence-corrected chi connectivity index (χ4v) is 2.62. The van der Waals surface area contributed by atoms with Crippen molar-refractivity contribution in [3.63, 3.8) is 0 Å². The first-order chi connectivity index (χ1) is 9.15. The number of rotatable bonds is 5. The van der Waals surface area contributed by atoms with E-state index in [-0.39, 0.29) is 5.91 Å². The van der Waals surface area contributed by atoms with Gasteiger partial charge >= 0.3 is 0 Å². The molecule has 1 aliphatic rings. The van der Waals surface area contributed by atoms with E-state index in [0.29, 0.717) is 24.4 Å². The zero-order valence-corrected chi connectivity index (χ0v) is 11.9. The molecule has 1 fully saturated rings. The molecule has 0 bridgehead atoms. The Labute approximate surface area is 115 Å². The lowest BCUT2D eigenvalue weighted by Crippen LogP contribution is -2.47. The quantitative estimate of drug-likeness (QED) is 0.854. The molecule has 0 spiro atoms. The van der Waals surface area contributed by atoms with Crippen molar-refractivity contribution in [1.29, 1.82) is 0 Å². The van der Waals surface area contributed by atoms with Gasteiger partial charge in [0.15, 0.2) is 0 Å². The Bertz CT molecular complexity index is 392. The molecular formula is C16H24N2O. The van der Waals surface area contributed by atoms with Crippen molar-refractivity contribution in [3.05, 3.63) is 35.9 Å². The third kappa shape index (κ3) is 4.35. The van der Waals surface area contributed by atoms with Gasteiger partial charge < -0.3 is 10.6 Å². The van der Waals surface area contributed by atoms with E-state index in [1.165, 1.54) is 5.56 Å². The minimum atomic E-state index is 0.179. The summed E-state index contributed by atoms with van der Waals surface area (Å²) in [6, 6.07) is 11.4. The van der Waals surface area contributed by atoms with E-state index in [9.17, 15) is 4.79 Å². The molecule has 2 N–H and O–H groups in total. The molecular weight excluding hydrogens is 236 g/mol. The summed E-state index contributed by atoms with van der Waals surface area (Å²) in [5.74, 6) is 0.828. The van der Waals surface area contributed by atoms with E-state index >= 15 is 0 Å². The lowest BCUT2D eigenvalue weighted by atomic mass is 9.95. The van der Waals surface area contributed by atoms with Crippen LogP contribution in [0.4, 0.5) is 0 Å². The van der Waals surface area contributed by atoms with Crippen LogP contribution in [0.15, 0.2) is 30.3 Å². The highest BCUT2D eigenvalue weighted by Gasteiger charge is 2.22. The van der Waals surface area contributed by atoms with Gasteiger partial charge in [-0.1, -0.05) is 44.2 Å². The van der Waals surface area contributed by atoms with Crippen LogP contribution in [-0.4, -0.2) is 18.5 Å². The molecule has 1 aromatic carbocycles. The van der Waals surface area contributed by atoms with Crippen molar-refractivity contribution < 1.29 is 4.79 Å². The van der Waals surface area contributed by atoms with Gasteiger partial charge in [0.05, 0.1) is 0 Å². The Hall–Kier alpha value is -1.35. The van der Waals surface area contributed by atoms with Crippen molar-refractivity contribution in [2.75, 3.05) is 6.54 Å². The summed E-state index contributed by atoms with van der Waals surface area (Å²) in [7, 11) is 0. The maximum absolute atomic E-state index is 11.2. The minimum absolute atomic E-state index is 0.179. The van der Waals surface area contributed by atoms with E-state index in [4.69, 9.17) is 0 Å². The van der Waals surface area contributed by atoms with E-state index in [2.05, 4.69) is 54.8 Å². The third-order valence-electron chi connectivity index (χ3n) is 3.61. The summed E-state index contributed by atoms with van der Waals surface area (Å²) < 4.78 is 0. The Balaban J connectivity index is 2.00. The van der Waals surface area contributed by atoms with Gasteiger partial charge in [0.1, 0.15) is 0 Å². The molecule has 104 valence electrons. The van der Waals surface area contributed by atoms with Gasteiger partial charge in [-0.3, -0.25) is 4.79 Å². The van der Waals surface area contributed by atoms with Crippen LogP contribution in [0, 0.1) is 5.92 Å². The lowest BCUT2D eigenvalue weighted by molar-refractivity contribution is -0.122. The third-order valence-corrected chi connectivity index (χ3v) is 3.61. The molecule has 0 aliphatic carbocycles. The van der Waals surface area contributed by atoms with Crippen LogP contribution in [0.2, 0.25) is 0 Å². The van der Waals surface area contributed by atoms with Crippen molar-refractivity contribution in [2.45, 2.75) is 45.2 Å². The largest absolute Gasteiger partial charge is 0.355 e. The average Bonchev–Trinajstić information content (AvgIpc) is 2.41. The summed E-state index contributed by atoms with van der Waals surface area (Å²) in [6.07, 6.45) is 2.70. The van der Waals surface area contributed by atoms with Crippen molar-refractivity contribution in [2.24, 2.45) is 5.92 Å². The van der Waals surface area contributed by atoms with E-state index in [0.717, 1.165) is 19.4 Å². The molecule has 0 aromatic heterocycles. The first-order valence-corrected chi connectivity index (χ1v) is 7.23. The number of benzene rings is 1. The molecule has 1 saturated heterocycles. The fraction of sp³-hybridized carbons (Fsp3) is 0.562. The maximum atomic E-state index is 11.2. The number of carbonyl (C=O) groups is 1. The molecule has 1 heterocycles. The second-order valence-corrected chi connectivity index (χ2v) is 5.80. The topological polar surface area (TPSA) is 41.1 Å². The zero-order valence-electron chi connectivity index (χ0n) is 11.9. The van der Waals surface area contributed by atoms with Crippen LogP contribution >= 0.6 is 0 Å². The van der Waals surface area contributed by atoms with Crippen LogP contribution in [0.5, 0.6) is 0 Å². The van der Waals surface area contributed by atoms with Gasteiger partial charge in [-0.05, 0) is 24.3 Å². The lowest BCUT2D eigenvalue weighted by Gasteiger charge is -2.30. The number of amides is 1. The number of nitrogens with one attached hydrogen (secondary N) is 2. The standard InChI is InChI=1S/C16H24N2O/c1-12(2)10-15(13-6-4-3-5-7-13)18-14-8-9-16(19)17-11-14/h3-7,12,14-15,18H,8-11H2,1-2H3,(H,17,19). The van der Waals surface area contributed by atoms with Crippen LogP contribution in [0.1, 0.15) is 44.7 Å². The highest BCUT2D eigenvalue weighted by Crippen LogP contribution is 2.22. The second kappa shape index (κ2) is 6.71. The maximum Gasteiger partial charge on any atom is 0.220 e. The van der Waals surface area contributed by atoms with Gasteiger partial charge in [-0.25, -0.2) is 0 Å². The Morgan fingerprint density at radius 1 is 1.32 bits per heavy atom. The van der Waals surface area contributed by atoms with E-state index < -0.39 is 0 Å². The number of piperidine rings is 1. The predicted molar refractivity (Wildman–Crippen MR) is 77.8 cm³/mol. The molecule has 19 heavy (non-hydrogen) atoms. The number of carbonyl (C=O) groups excluding carboxylic acids is 1. The van der Waals surface area contributed by atoms with Gasteiger partial charge in [-0.15, -0.1) is 0 Å². The van der Waals surface area contributed by atoms with E-state index in [1.54, 1.807) is 0 Å². The summed E-state index contributed by atoms with van der Waals surface area (Å²) in [6.45, 7) is 5.25. The monoisotopic (exact) mass is 260 g/mol. The molecule has 1 amide bonds. The molecule has 3 heteroatoms. The van der Waals surface area contributed by atoms with Crippen molar-refractivity contribution in [3.8, 4) is 0 Å². The van der Waals surface area contributed by atoms with E-state index in [1.807, 2.05) is 0 Å². The van der Waals surface area contributed by atoms with Gasteiger partial charge in [0.25, 0.3) is 0 Å². The van der Waals surface area contributed by atoms with Gasteiger partial charge in [-0.2, -0.15) is 0 Å². The Morgan fingerprint density at radius 2 is 2.05 bits per heavy atom. The molecule has 2 rings (SSSR count). The highest BCUT2D eigenvalue weighted by atomic mass is 16.1. The molecule has 0 radical (unpaired) electrons. The van der Waals surface area contributed by atoms with Crippen LogP contribution in [0.25, 0.3) is 0 Å². The van der Waals surface area contributed by atoms with Crippen LogP contribution in [0.3, 0.4) is 0 Å².